The molecule has 0 aliphatic rings. The Morgan fingerprint density at radius 1 is 1.56 bits per heavy atom. The van der Waals surface area contributed by atoms with Crippen LogP contribution in [-0.4, -0.2) is 41.9 Å². The highest BCUT2D eigenvalue weighted by Crippen LogP contribution is 1.98. The van der Waals surface area contributed by atoms with E-state index in [9.17, 15) is 8.42 Å². The maximum atomic E-state index is 11.7. The molecule has 7 nitrogen and oxygen atoms in total. The fraction of sp³-hybridized carbons (Fsp3) is 0.750. The summed E-state index contributed by atoms with van der Waals surface area (Å²) < 4.78 is 25.9. The standard InChI is InChI=1S/C8H17N5O2S/c1-3-9-4-7(2)16(14,15)12-5-8-10-6-11-13-8/h6-7,9,12H,3-5H2,1-2H3,(H,10,11,13). The minimum absolute atomic E-state index is 0.138. The quantitative estimate of drug-likeness (QED) is 0.587. The molecule has 92 valence electrons. The monoisotopic (exact) mass is 247 g/mol. The van der Waals surface area contributed by atoms with Crippen LogP contribution in [0.1, 0.15) is 19.7 Å². The number of aromatic nitrogens is 3. The summed E-state index contributed by atoms with van der Waals surface area (Å²) in [4.78, 5) is 3.83. The lowest BCUT2D eigenvalue weighted by Crippen LogP contribution is -2.38. The molecule has 0 radical (unpaired) electrons. The largest absolute Gasteiger partial charge is 0.316 e. The van der Waals surface area contributed by atoms with Gasteiger partial charge in [0.15, 0.2) is 0 Å². The smallest absolute Gasteiger partial charge is 0.215 e. The van der Waals surface area contributed by atoms with E-state index in [-0.39, 0.29) is 6.54 Å². The molecule has 0 aromatic carbocycles. The number of sulfonamides is 1. The molecule has 0 spiro atoms. The predicted octanol–water partition coefficient (Wildman–Crippen LogP) is -0.778. The van der Waals surface area contributed by atoms with Gasteiger partial charge in [0.05, 0.1) is 11.8 Å². The van der Waals surface area contributed by atoms with Gasteiger partial charge in [0, 0.05) is 6.54 Å². The van der Waals surface area contributed by atoms with Crippen LogP contribution in [0.4, 0.5) is 0 Å². The number of H-pyrrole nitrogens is 1. The van der Waals surface area contributed by atoms with E-state index in [0.717, 1.165) is 6.54 Å². The molecule has 8 heteroatoms. The summed E-state index contributed by atoms with van der Waals surface area (Å²) in [5, 5.41) is 8.74. The summed E-state index contributed by atoms with van der Waals surface area (Å²) >= 11 is 0. The number of rotatable bonds is 7. The molecule has 1 heterocycles. The molecule has 3 N–H and O–H groups in total. The Morgan fingerprint density at radius 2 is 2.31 bits per heavy atom. The molecule has 0 fully saturated rings. The van der Waals surface area contributed by atoms with Gasteiger partial charge in [0.1, 0.15) is 12.2 Å². The number of nitrogens with zero attached hydrogens (tertiary/aromatic N) is 2. The van der Waals surface area contributed by atoms with Gasteiger partial charge in [-0.2, -0.15) is 5.10 Å². The lowest BCUT2D eigenvalue weighted by Gasteiger charge is -2.13. The van der Waals surface area contributed by atoms with Gasteiger partial charge in [-0.05, 0) is 13.5 Å². The molecule has 0 saturated heterocycles. The SMILES string of the molecule is CCNCC(C)S(=O)(=O)NCc1ncn[nH]1. The molecular weight excluding hydrogens is 230 g/mol. The highest BCUT2D eigenvalue weighted by atomic mass is 32.2. The molecule has 16 heavy (non-hydrogen) atoms. The van der Waals surface area contributed by atoms with Gasteiger partial charge < -0.3 is 5.32 Å². The van der Waals surface area contributed by atoms with Crippen molar-refractivity contribution in [2.24, 2.45) is 0 Å². The Balaban J connectivity index is 2.45. The average molecular weight is 247 g/mol. The van der Waals surface area contributed by atoms with Crippen LogP contribution in [0.5, 0.6) is 0 Å². The normalized spacial score (nSPS) is 13.9. The van der Waals surface area contributed by atoms with Gasteiger partial charge in [-0.1, -0.05) is 6.92 Å². The minimum atomic E-state index is -3.31. The van der Waals surface area contributed by atoms with Gasteiger partial charge in [-0.25, -0.2) is 18.1 Å². The maximum absolute atomic E-state index is 11.7. The third kappa shape index (κ3) is 3.87. The number of hydrogen-bond acceptors (Lipinski definition) is 5. The Kier molecular flexibility index (Phi) is 4.84. The van der Waals surface area contributed by atoms with E-state index in [2.05, 4.69) is 25.2 Å². The summed E-state index contributed by atoms with van der Waals surface area (Å²) in [6, 6.07) is 0. The van der Waals surface area contributed by atoms with Crippen molar-refractivity contribution in [1.82, 2.24) is 25.2 Å². The third-order valence-corrected chi connectivity index (χ3v) is 3.89. The van der Waals surface area contributed by atoms with Crippen LogP contribution in [0.15, 0.2) is 6.33 Å². The van der Waals surface area contributed by atoms with Crippen LogP contribution < -0.4 is 10.0 Å². The number of aromatic amines is 1. The molecular formula is C8H17N5O2S. The van der Waals surface area contributed by atoms with Gasteiger partial charge in [0.25, 0.3) is 0 Å². The second kappa shape index (κ2) is 5.92. The summed E-state index contributed by atoms with van der Waals surface area (Å²) in [7, 11) is -3.31. The topological polar surface area (TPSA) is 99.8 Å². The van der Waals surface area contributed by atoms with Gasteiger partial charge in [-0.3, -0.25) is 5.10 Å². The predicted molar refractivity (Wildman–Crippen MR) is 60.1 cm³/mol. The first kappa shape index (κ1) is 13.1. The van der Waals surface area contributed by atoms with E-state index >= 15 is 0 Å². The summed E-state index contributed by atoms with van der Waals surface area (Å²) in [5.41, 5.74) is 0. The van der Waals surface area contributed by atoms with Crippen molar-refractivity contribution in [1.29, 1.82) is 0 Å². The highest BCUT2D eigenvalue weighted by molar-refractivity contribution is 7.90. The molecule has 1 atom stereocenters. The maximum Gasteiger partial charge on any atom is 0.215 e. The van der Waals surface area contributed by atoms with Crippen LogP contribution in [0.3, 0.4) is 0 Å². The summed E-state index contributed by atoms with van der Waals surface area (Å²) in [6.07, 6.45) is 1.34. The van der Waals surface area contributed by atoms with E-state index in [1.165, 1.54) is 6.33 Å². The first-order chi connectivity index (χ1) is 7.56. The zero-order valence-corrected chi connectivity index (χ0v) is 10.2. The fourth-order valence-corrected chi connectivity index (χ4v) is 2.04. The first-order valence-electron chi connectivity index (χ1n) is 5.09. The third-order valence-electron chi connectivity index (χ3n) is 2.12. The van der Waals surface area contributed by atoms with Crippen molar-refractivity contribution in [3.05, 3.63) is 12.2 Å². The van der Waals surface area contributed by atoms with E-state index < -0.39 is 15.3 Å². The fourth-order valence-electron chi connectivity index (χ4n) is 1.08. The van der Waals surface area contributed by atoms with Crippen molar-refractivity contribution in [3.8, 4) is 0 Å². The zero-order chi connectivity index (χ0) is 12.0. The van der Waals surface area contributed by atoms with Crippen molar-refractivity contribution < 1.29 is 8.42 Å². The number of hydrogen-bond donors (Lipinski definition) is 3. The molecule has 0 saturated carbocycles. The Hall–Kier alpha value is -0.990. The van der Waals surface area contributed by atoms with Gasteiger partial charge in [0.2, 0.25) is 10.0 Å². The highest BCUT2D eigenvalue weighted by Gasteiger charge is 2.19. The van der Waals surface area contributed by atoms with E-state index in [0.29, 0.717) is 12.4 Å². The molecule has 1 unspecified atom stereocenters. The molecule has 1 aromatic heterocycles. The van der Waals surface area contributed by atoms with Crippen LogP contribution in [0, 0.1) is 0 Å². The molecule has 1 aromatic rings. The van der Waals surface area contributed by atoms with Crippen molar-refractivity contribution in [2.45, 2.75) is 25.6 Å². The van der Waals surface area contributed by atoms with E-state index in [1.54, 1.807) is 6.92 Å². The van der Waals surface area contributed by atoms with Crippen molar-refractivity contribution in [3.63, 3.8) is 0 Å². The lowest BCUT2D eigenvalue weighted by molar-refractivity contribution is 0.558. The minimum Gasteiger partial charge on any atom is -0.316 e. The molecule has 0 bridgehead atoms. The Morgan fingerprint density at radius 3 is 2.88 bits per heavy atom. The van der Waals surface area contributed by atoms with E-state index in [4.69, 9.17) is 0 Å². The van der Waals surface area contributed by atoms with Crippen molar-refractivity contribution >= 4 is 10.0 Å². The van der Waals surface area contributed by atoms with Crippen LogP contribution in [0.25, 0.3) is 0 Å². The second-order valence-corrected chi connectivity index (χ2v) is 5.60. The average Bonchev–Trinajstić information content (AvgIpc) is 2.76. The zero-order valence-electron chi connectivity index (χ0n) is 9.40. The van der Waals surface area contributed by atoms with Gasteiger partial charge >= 0.3 is 0 Å². The second-order valence-electron chi connectivity index (χ2n) is 3.42. The van der Waals surface area contributed by atoms with Crippen LogP contribution >= 0.6 is 0 Å². The Labute approximate surface area is 95.1 Å². The molecule has 0 amide bonds. The lowest BCUT2D eigenvalue weighted by atomic mass is 10.5. The molecule has 1 rings (SSSR count). The molecule has 0 aliphatic heterocycles. The van der Waals surface area contributed by atoms with Gasteiger partial charge in [-0.15, -0.1) is 0 Å². The summed E-state index contributed by atoms with van der Waals surface area (Å²) in [6.45, 7) is 4.91. The number of nitrogens with one attached hydrogen (secondary N) is 3. The molecule has 0 aliphatic carbocycles. The Bertz CT molecular complexity index is 389. The van der Waals surface area contributed by atoms with E-state index in [1.807, 2.05) is 6.92 Å². The van der Waals surface area contributed by atoms with Crippen LogP contribution in [0.2, 0.25) is 0 Å². The van der Waals surface area contributed by atoms with Crippen molar-refractivity contribution in [2.75, 3.05) is 13.1 Å². The summed E-state index contributed by atoms with van der Waals surface area (Å²) in [5.74, 6) is 0.499. The first-order valence-corrected chi connectivity index (χ1v) is 6.64. The van der Waals surface area contributed by atoms with Crippen LogP contribution in [-0.2, 0) is 16.6 Å².